The number of benzene rings is 3. The quantitative estimate of drug-likeness (QED) is 0.411. The van der Waals surface area contributed by atoms with Gasteiger partial charge in [-0.05, 0) is 35.4 Å². The summed E-state index contributed by atoms with van der Waals surface area (Å²) in [5, 5.41) is 2.65. The van der Waals surface area contributed by atoms with Gasteiger partial charge in [0.25, 0.3) is 0 Å². The van der Waals surface area contributed by atoms with E-state index in [0.717, 1.165) is 0 Å². The Morgan fingerprint density at radius 3 is 1.22 bits per heavy atom. The van der Waals surface area contributed by atoms with Crippen molar-refractivity contribution in [3.8, 4) is 20.9 Å². The van der Waals surface area contributed by atoms with Gasteiger partial charge in [0.1, 0.15) is 0 Å². The molecule has 0 amide bonds. The first kappa shape index (κ1) is 17.6. The molecule has 0 fully saturated rings. The molecule has 27 heavy (non-hydrogen) atoms. The van der Waals surface area contributed by atoms with E-state index in [9.17, 15) is 0 Å². The molecule has 4 aromatic rings. The van der Waals surface area contributed by atoms with Crippen LogP contribution in [0.5, 0.6) is 0 Å². The Labute approximate surface area is 165 Å². The zero-order chi connectivity index (χ0) is 19.0. The summed E-state index contributed by atoms with van der Waals surface area (Å²) in [5.41, 5.74) is 4.99. The fourth-order valence-corrected chi connectivity index (χ4v) is 4.63. The molecule has 0 aliphatic carbocycles. The Balaban J connectivity index is 1.84. The molecule has 0 bridgehead atoms. The smallest absolute Gasteiger partial charge is 0.0428 e. The summed E-state index contributed by atoms with van der Waals surface area (Å²) in [6.07, 6.45) is 0. The van der Waals surface area contributed by atoms with Crippen LogP contribution in [0.25, 0.3) is 31.7 Å². The average Bonchev–Trinajstić information content (AvgIpc) is 3.08. The van der Waals surface area contributed by atoms with Gasteiger partial charge in [-0.3, -0.25) is 0 Å². The van der Waals surface area contributed by atoms with Crippen molar-refractivity contribution in [2.24, 2.45) is 0 Å². The predicted octanol–water partition coefficient (Wildman–Crippen LogP) is 6.37. The first-order chi connectivity index (χ1) is 13.0. The van der Waals surface area contributed by atoms with Crippen molar-refractivity contribution in [3.63, 3.8) is 0 Å². The van der Waals surface area contributed by atoms with Gasteiger partial charge < -0.3 is 9.80 Å². The minimum absolute atomic E-state index is 1.22. The first-order valence-electron chi connectivity index (χ1n) is 9.11. The Morgan fingerprint density at radius 1 is 0.519 bits per heavy atom. The second-order valence-corrected chi connectivity index (χ2v) is 8.21. The van der Waals surface area contributed by atoms with Crippen LogP contribution in [-0.2, 0) is 0 Å². The van der Waals surface area contributed by atoms with Crippen LogP contribution in [0.2, 0.25) is 0 Å². The molecule has 0 unspecified atom stereocenters. The lowest BCUT2D eigenvalue weighted by atomic mass is 10.0. The standard InChI is InChI=1S/C24H24N2S/c1-25(2)19-13-9-17(10-14-19)23-21-7-5-6-8-22(21)24(27-23)18-11-15-20(16-12-18)26(3)4/h5-16H,1-4H3. The molecule has 136 valence electrons. The van der Waals surface area contributed by atoms with Gasteiger partial charge in [0, 0.05) is 60.1 Å². The molecular weight excluding hydrogens is 348 g/mol. The van der Waals surface area contributed by atoms with Crippen molar-refractivity contribution in [2.45, 2.75) is 0 Å². The number of anilines is 2. The molecule has 3 aromatic carbocycles. The van der Waals surface area contributed by atoms with Crippen molar-refractivity contribution < 1.29 is 0 Å². The largest absolute Gasteiger partial charge is 0.378 e. The third kappa shape index (κ3) is 3.31. The van der Waals surface area contributed by atoms with Crippen molar-refractivity contribution in [1.82, 2.24) is 0 Å². The summed E-state index contributed by atoms with van der Waals surface area (Å²) in [6.45, 7) is 0. The van der Waals surface area contributed by atoms with Crippen molar-refractivity contribution in [2.75, 3.05) is 38.0 Å². The lowest BCUT2D eigenvalue weighted by Crippen LogP contribution is -2.07. The fraction of sp³-hybridized carbons (Fsp3) is 0.167. The van der Waals surface area contributed by atoms with Crippen LogP contribution < -0.4 is 9.80 Å². The first-order valence-corrected chi connectivity index (χ1v) is 9.93. The van der Waals surface area contributed by atoms with Crippen LogP contribution in [-0.4, -0.2) is 28.2 Å². The molecule has 4 rings (SSSR count). The number of hydrogen-bond donors (Lipinski definition) is 0. The van der Waals surface area contributed by atoms with Crippen molar-refractivity contribution in [3.05, 3.63) is 72.8 Å². The summed E-state index contributed by atoms with van der Waals surface area (Å²) in [7, 11) is 8.30. The number of fused-ring (bicyclic) bond motifs is 1. The highest BCUT2D eigenvalue weighted by Crippen LogP contribution is 2.44. The van der Waals surface area contributed by atoms with E-state index in [1.807, 2.05) is 11.3 Å². The van der Waals surface area contributed by atoms with E-state index in [4.69, 9.17) is 0 Å². The molecular formula is C24H24N2S. The fourth-order valence-electron chi connectivity index (χ4n) is 3.34. The highest BCUT2D eigenvalue weighted by Gasteiger charge is 2.14. The molecule has 0 radical (unpaired) electrons. The second kappa shape index (κ2) is 7.09. The Kier molecular flexibility index (Phi) is 4.63. The highest BCUT2D eigenvalue weighted by atomic mass is 32.1. The summed E-state index contributed by atoms with van der Waals surface area (Å²) in [5.74, 6) is 0. The number of nitrogens with zero attached hydrogens (tertiary/aromatic N) is 2. The van der Waals surface area contributed by atoms with E-state index in [1.54, 1.807) is 0 Å². The molecule has 0 atom stereocenters. The van der Waals surface area contributed by atoms with Gasteiger partial charge >= 0.3 is 0 Å². The van der Waals surface area contributed by atoms with Gasteiger partial charge in [-0.1, -0.05) is 48.5 Å². The van der Waals surface area contributed by atoms with Gasteiger partial charge in [0.2, 0.25) is 0 Å². The van der Waals surface area contributed by atoms with Crippen LogP contribution in [0.3, 0.4) is 0 Å². The van der Waals surface area contributed by atoms with E-state index >= 15 is 0 Å². The number of thiophene rings is 1. The van der Waals surface area contributed by atoms with Gasteiger partial charge in [-0.25, -0.2) is 0 Å². The summed E-state index contributed by atoms with van der Waals surface area (Å²) in [4.78, 5) is 6.94. The number of rotatable bonds is 4. The summed E-state index contributed by atoms with van der Waals surface area (Å²) in [6, 6.07) is 26.4. The minimum atomic E-state index is 1.22. The second-order valence-electron chi connectivity index (χ2n) is 7.19. The van der Waals surface area contributed by atoms with Crippen LogP contribution in [0.1, 0.15) is 0 Å². The molecule has 3 heteroatoms. The summed E-state index contributed by atoms with van der Waals surface area (Å²) >= 11 is 1.88. The molecule has 0 saturated heterocycles. The van der Waals surface area contributed by atoms with Crippen molar-refractivity contribution in [1.29, 1.82) is 0 Å². The molecule has 1 heterocycles. The average molecular weight is 373 g/mol. The molecule has 0 aliphatic rings. The third-order valence-electron chi connectivity index (χ3n) is 4.91. The maximum atomic E-state index is 2.23. The van der Waals surface area contributed by atoms with E-state index in [2.05, 4.69) is 111 Å². The molecule has 0 saturated carbocycles. The minimum Gasteiger partial charge on any atom is -0.378 e. The maximum absolute atomic E-state index is 2.23. The summed E-state index contributed by atoms with van der Waals surface area (Å²) < 4.78 is 0. The lowest BCUT2D eigenvalue weighted by molar-refractivity contribution is 1.13. The number of hydrogen-bond acceptors (Lipinski definition) is 3. The lowest BCUT2D eigenvalue weighted by Gasteiger charge is -2.12. The van der Waals surface area contributed by atoms with E-state index < -0.39 is 0 Å². The molecule has 1 aromatic heterocycles. The van der Waals surface area contributed by atoms with Gasteiger partial charge in [-0.15, -0.1) is 11.3 Å². The highest BCUT2D eigenvalue weighted by molar-refractivity contribution is 7.21. The Hall–Kier alpha value is -2.78. The van der Waals surface area contributed by atoms with Crippen LogP contribution >= 0.6 is 11.3 Å². The molecule has 2 nitrogen and oxygen atoms in total. The van der Waals surface area contributed by atoms with Gasteiger partial charge in [0.15, 0.2) is 0 Å². The van der Waals surface area contributed by atoms with Crippen LogP contribution in [0.4, 0.5) is 11.4 Å². The van der Waals surface area contributed by atoms with Crippen LogP contribution in [0, 0.1) is 0 Å². The van der Waals surface area contributed by atoms with Crippen molar-refractivity contribution >= 4 is 33.5 Å². The van der Waals surface area contributed by atoms with Crippen LogP contribution in [0.15, 0.2) is 72.8 Å². The van der Waals surface area contributed by atoms with E-state index in [0.29, 0.717) is 0 Å². The molecule has 0 N–H and O–H groups in total. The zero-order valence-corrected chi connectivity index (χ0v) is 17.0. The van der Waals surface area contributed by atoms with E-state index in [1.165, 1.54) is 43.0 Å². The molecule has 0 aliphatic heterocycles. The maximum Gasteiger partial charge on any atom is 0.0428 e. The topological polar surface area (TPSA) is 6.48 Å². The Morgan fingerprint density at radius 2 is 0.889 bits per heavy atom. The normalized spacial score (nSPS) is 11.0. The Bertz CT molecular complexity index is 972. The van der Waals surface area contributed by atoms with Gasteiger partial charge in [0.05, 0.1) is 0 Å². The predicted molar refractivity (Wildman–Crippen MR) is 121 cm³/mol. The third-order valence-corrected chi connectivity index (χ3v) is 6.23. The molecule has 0 spiro atoms. The SMILES string of the molecule is CN(C)c1ccc(-c2sc(-c3ccc(N(C)C)cc3)c3ccccc23)cc1. The monoisotopic (exact) mass is 372 g/mol. The zero-order valence-electron chi connectivity index (χ0n) is 16.2. The van der Waals surface area contributed by atoms with Gasteiger partial charge in [-0.2, -0.15) is 0 Å². The van der Waals surface area contributed by atoms with E-state index in [-0.39, 0.29) is 0 Å².